The average molecular weight is 407 g/mol. The second-order valence-electron chi connectivity index (χ2n) is 5.99. The van der Waals surface area contributed by atoms with E-state index in [2.05, 4.69) is 21.2 Å². The van der Waals surface area contributed by atoms with Crippen molar-refractivity contribution in [1.29, 1.82) is 0 Å². The van der Waals surface area contributed by atoms with Crippen molar-refractivity contribution >= 4 is 33.4 Å². The van der Waals surface area contributed by atoms with E-state index in [1.807, 2.05) is 32.0 Å². The van der Waals surface area contributed by atoms with E-state index in [9.17, 15) is 14.0 Å². The molecule has 0 saturated carbocycles. The molecule has 132 valence electrons. The molecule has 4 nitrogen and oxygen atoms in total. The molecule has 0 aliphatic heterocycles. The van der Waals surface area contributed by atoms with Gasteiger partial charge in [-0.15, -0.1) is 0 Å². The number of benzene rings is 2. The predicted octanol–water partition coefficient (Wildman–Crippen LogP) is 3.84. The molecule has 0 bridgehead atoms. The molecular formula is C19H20BrFN2O2. The first-order chi connectivity index (χ1) is 11.8. The van der Waals surface area contributed by atoms with Gasteiger partial charge in [0, 0.05) is 12.7 Å². The minimum atomic E-state index is -0.377. The van der Waals surface area contributed by atoms with Crippen molar-refractivity contribution in [3.05, 3.63) is 63.4 Å². The normalized spacial score (nSPS) is 10.4. The van der Waals surface area contributed by atoms with E-state index in [0.717, 1.165) is 16.8 Å². The number of rotatable bonds is 5. The number of anilines is 1. The Balaban J connectivity index is 1.96. The third-order valence-electron chi connectivity index (χ3n) is 3.89. The highest BCUT2D eigenvalue weighted by atomic mass is 79.9. The van der Waals surface area contributed by atoms with Crippen LogP contribution in [0.25, 0.3) is 0 Å². The monoisotopic (exact) mass is 406 g/mol. The molecule has 0 atom stereocenters. The van der Waals surface area contributed by atoms with E-state index in [-0.39, 0.29) is 30.6 Å². The second kappa shape index (κ2) is 8.25. The topological polar surface area (TPSA) is 49.4 Å². The summed E-state index contributed by atoms with van der Waals surface area (Å²) in [6.07, 6.45) is 0.103. The van der Waals surface area contributed by atoms with Crippen molar-refractivity contribution in [2.45, 2.75) is 20.3 Å². The third-order valence-corrected chi connectivity index (χ3v) is 4.50. The lowest BCUT2D eigenvalue weighted by atomic mass is 10.1. The Morgan fingerprint density at radius 1 is 1.16 bits per heavy atom. The van der Waals surface area contributed by atoms with Crippen LogP contribution in [0, 0.1) is 19.7 Å². The van der Waals surface area contributed by atoms with Crippen molar-refractivity contribution in [3.8, 4) is 0 Å². The van der Waals surface area contributed by atoms with Gasteiger partial charge in [0.2, 0.25) is 11.8 Å². The number of nitrogens with zero attached hydrogens (tertiary/aromatic N) is 1. The maximum atomic E-state index is 13.2. The summed E-state index contributed by atoms with van der Waals surface area (Å²) in [4.78, 5) is 25.8. The van der Waals surface area contributed by atoms with Gasteiger partial charge in [-0.25, -0.2) is 4.39 Å². The molecule has 0 heterocycles. The lowest BCUT2D eigenvalue weighted by Gasteiger charge is -2.18. The first-order valence-electron chi connectivity index (χ1n) is 7.82. The number of halogens is 2. The van der Waals surface area contributed by atoms with Gasteiger partial charge in [-0.05, 0) is 58.6 Å². The van der Waals surface area contributed by atoms with Gasteiger partial charge in [0.1, 0.15) is 5.82 Å². The van der Waals surface area contributed by atoms with Crippen molar-refractivity contribution < 1.29 is 14.0 Å². The number of nitrogens with one attached hydrogen (secondary N) is 1. The van der Waals surface area contributed by atoms with E-state index < -0.39 is 0 Å². The van der Waals surface area contributed by atoms with Gasteiger partial charge in [0.15, 0.2) is 0 Å². The minimum absolute atomic E-state index is 0.0467. The number of aryl methyl sites for hydroxylation is 2. The molecule has 0 fully saturated rings. The van der Waals surface area contributed by atoms with E-state index in [1.54, 1.807) is 19.2 Å². The summed E-state index contributed by atoms with van der Waals surface area (Å²) >= 11 is 3.10. The quantitative estimate of drug-likeness (QED) is 0.819. The zero-order valence-electron chi connectivity index (χ0n) is 14.4. The van der Waals surface area contributed by atoms with E-state index >= 15 is 0 Å². The Morgan fingerprint density at radius 3 is 2.40 bits per heavy atom. The largest absolute Gasteiger partial charge is 0.336 e. The Labute approximate surface area is 155 Å². The van der Waals surface area contributed by atoms with Crippen LogP contribution in [0.1, 0.15) is 16.7 Å². The third kappa shape index (κ3) is 5.13. The van der Waals surface area contributed by atoms with Gasteiger partial charge in [-0.2, -0.15) is 0 Å². The molecule has 0 unspecified atom stereocenters. The fraction of sp³-hybridized carbons (Fsp3) is 0.263. The lowest BCUT2D eigenvalue weighted by Crippen LogP contribution is -2.36. The van der Waals surface area contributed by atoms with Gasteiger partial charge in [0.05, 0.1) is 17.4 Å². The van der Waals surface area contributed by atoms with E-state index in [1.165, 1.54) is 11.0 Å². The molecule has 25 heavy (non-hydrogen) atoms. The Kier molecular flexibility index (Phi) is 6.31. The summed E-state index contributed by atoms with van der Waals surface area (Å²) in [6, 6.07) is 10.2. The zero-order chi connectivity index (χ0) is 18.6. The predicted molar refractivity (Wildman–Crippen MR) is 100.0 cm³/mol. The van der Waals surface area contributed by atoms with Crippen LogP contribution in [0.4, 0.5) is 10.1 Å². The highest BCUT2D eigenvalue weighted by Gasteiger charge is 2.15. The summed E-state index contributed by atoms with van der Waals surface area (Å²) in [6.45, 7) is 3.79. The molecule has 2 amide bonds. The highest BCUT2D eigenvalue weighted by Crippen LogP contribution is 2.19. The summed E-state index contributed by atoms with van der Waals surface area (Å²) in [5.41, 5.74) is 3.40. The summed E-state index contributed by atoms with van der Waals surface area (Å²) in [5.74, 6) is -0.846. The molecule has 1 N–H and O–H groups in total. The molecular weight excluding hydrogens is 387 g/mol. The van der Waals surface area contributed by atoms with Crippen LogP contribution in [0.2, 0.25) is 0 Å². The van der Waals surface area contributed by atoms with Crippen molar-refractivity contribution in [2.75, 3.05) is 18.9 Å². The number of likely N-dealkylation sites (N-methyl/N-ethyl adjacent to an activating group) is 1. The number of carbonyl (C=O) groups excluding carboxylic acids is 2. The molecule has 6 heteroatoms. The van der Waals surface area contributed by atoms with Crippen LogP contribution in [-0.2, 0) is 16.0 Å². The summed E-state index contributed by atoms with van der Waals surface area (Å²) in [7, 11) is 1.57. The molecule has 2 rings (SSSR count). The smallest absolute Gasteiger partial charge is 0.243 e. The van der Waals surface area contributed by atoms with Crippen LogP contribution >= 0.6 is 15.9 Å². The maximum Gasteiger partial charge on any atom is 0.243 e. The second-order valence-corrected chi connectivity index (χ2v) is 6.84. The lowest BCUT2D eigenvalue weighted by molar-refractivity contribution is -0.132. The van der Waals surface area contributed by atoms with Gasteiger partial charge >= 0.3 is 0 Å². The van der Waals surface area contributed by atoms with Crippen LogP contribution in [0.5, 0.6) is 0 Å². The van der Waals surface area contributed by atoms with Crippen molar-refractivity contribution in [2.24, 2.45) is 0 Å². The van der Waals surface area contributed by atoms with Crippen LogP contribution < -0.4 is 5.32 Å². The first-order valence-corrected chi connectivity index (χ1v) is 8.61. The van der Waals surface area contributed by atoms with Crippen molar-refractivity contribution in [3.63, 3.8) is 0 Å². The molecule has 0 aliphatic rings. The van der Waals surface area contributed by atoms with E-state index in [0.29, 0.717) is 10.0 Å². The molecule has 0 radical (unpaired) electrons. The Bertz CT molecular complexity index is 788. The zero-order valence-corrected chi connectivity index (χ0v) is 16.0. The number of carbonyl (C=O) groups is 2. The SMILES string of the molecule is Cc1cccc(C)c1NC(=O)CN(C)C(=O)Cc1ccc(F)c(Br)c1. The molecule has 0 aliphatic carbocycles. The highest BCUT2D eigenvalue weighted by molar-refractivity contribution is 9.10. The minimum Gasteiger partial charge on any atom is -0.336 e. The number of hydrogen-bond donors (Lipinski definition) is 1. The van der Waals surface area contributed by atoms with Gasteiger partial charge in [0.25, 0.3) is 0 Å². The Morgan fingerprint density at radius 2 is 1.80 bits per heavy atom. The van der Waals surface area contributed by atoms with Gasteiger partial charge in [-0.3, -0.25) is 9.59 Å². The van der Waals surface area contributed by atoms with Crippen molar-refractivity contribution in [1.82, 2.24) is 4.90 Å². The number of amides is 2. The summed E-state index contributed by atoms with van der Waals surface area (Å²) < 4.78 is 13.6. The molecule has 2 aromatic rings. The van der Waals surface area contributed by atoms with Gasteiger partial charge < -0.3 is 10.2 Å². The van der Waals surface area contributed by atoms with Crippen LogP contribution in [-0.4, -0.2) is 30.3 Å². The maximum absolute atomic E-state index is 13.2. The molecule has 0 spiro atoms. The van der Waals surface area contributed by atoms with Crippen LogP contribution in [0.15, 0.2) is 40.9 Å². The molecule has 2 aromatic carbocycles. The number of hydrogen-bond acceptors (Lipinski definition) is 2. The molecule has 0 aromatic heterocycles. The van der Waals surface area contributed by atoms with Gasteiger partial charge in [-0.1, -0.05) is 24.3 Å². The fourth-order valence-corrected chi connectivity index (χ4v) is 2.88. The number of para-hydroxylation sites is 1. The van der Waals surface area contributed by atoms with Crippen LogP contribution in [0.3, 0.4) is 0 Å². The summed E-state index contributed by atoms with van der Waals surface area (Å²) in [5, 5.41) is 2.85. The Hall–Kier alpha value is -2.21. The standard InChI is InChI=1S/C19H20BrFN2O2/c1-12-5-4-6-13(2)19(12)22-17(24)11-23(3)18(25)10-14-7-8-16(21)15(20)9-14/h4-9H,10-11H2,1-3H3,(H,22,24). The first kappa shape index (κ1) is 19.1. The average Bonchev–Trinajstić information content (AvgIpc) is 2.54. The molecule has 0 saturated heterocycles. The fourth-order valence-electron chi connectivity index (χ4n) is 2.45. The van der Waals surface area contributed by atoms with E-state index in [4.69, 9.17) is 0 Å².